The number of halogens is 1. The van der Waals surface area contributed by atoms with Gasteiger partial charge in [-0.05, 0) is 55.5 Å². The number of amides is 4. The van der Waals surface area contributed by atoms with Crippen LogP contribution in [0.4, 0.5) is 4.79 Å². The SMILES string of the molecule is O=C(Cc1cccc(Cl)c1)N1CCC([C@@]2(c3ccccn3)NC(=O)N(C[C@@H]3CCCO3)C2=O)CC1. The van der Waals surface area contributed by atoms with Gasteiger partial charge >= 0.3 is 6.03 Å². The molecule has 3 aliphatic heterocycles. The number of nitrogens with one attached hydrogen (secondary N) is 1. The molecule has 1 aromatic heterocycles. The van der Waals surface area contributed by atoms with Crippen LogP contribution in [-0.4, -0.2) is 65.0 Å². The number of carbonyl (C=O) groups excluding carboxylic acids is 3. The molecule has 0 radical (unpaired) electrons. The first-order valence-electron chi connectivity index (χ1n) is 12.2. The highest BCUT2D eigenvalue weighted by molar-refractivity contribution is 6.30. The van der Waals surface area contributed by atoms with Gasteiger partial charge in [0.05, 0.1) is 24.8 Å². The molecular weight excluding hydrogens is 468 g/mol. The monoisotopic (exact) mass is 496 g/mol. The van der Waals surface area contributed by atoms with Crippen LogP contribution in [0.25, 0.3) is 0 Å². The zero-order valence-electron chi connectivity index (χ0n) is 19.5. The van der Waals surface area contributed by atoms with Crippen LogP contribution in [-0.2, 0) is 26.3 Å². The minimum absolute atomic E-state index is 0.0272. The molecule has 3 aliphatic rings. The molecule has 8 nitrogen and oxygen atoms in total. The largest absolute Gasteiger partial charge is 0.376 e. The van der Waals surface area contributed by atoms with Crippen LogP contribution >= 0.6 is 11.6 Å². The van der Waals surface area contributed by atoms with Gasteiger partial charge in [-0.15, -0.1) is 0 Å². The predicted octanol–water partition coefficient (Wildman–Crippen LogP) is 3.14. The van der Waals surface area contributed by atoms with Gasteiger partial charge in [-0.1, -0.05) is 29.8 Å². The molecule has 1 aromatic carbocycles. The Kier molecular flexibility index (Phi) is 6.75. The summed E-state index contributed by atoms with van der Waals surface area (Å²) >= 11 is 6.06. The summed E-state index contributed by atoms with van der Waals surface area (Å²) in [6, 6.07) is 12.3. The van der Waals surface area contributed by atoms with Gasteiger partial charge in [0.2, 0.25) is 5.91 Å². The van der Waals surface area contributed by atoms with Crippen LogP contribution in [0.2, 0.25) is 5.02 Å². The first-order valence-corrected chi connectivity index (χ1v) is 12.5. The normalized spacial score (nSPS) is 25.2. The number of carbonyl (C=O) groups is 3. The molecule has 4 amide bonds. The van der Waals surface area contributed by atoms with E-state index in [9.17, 15) is 14.4 Å². The molecule has 0 bridgehead atoms. The maximum Gasteiger partial charge on any atom is 0.325 e. The molecule has 0 saturated carbocycles. The number of imide groups is 1. The van der Waals surface area contributed by atoms with Crippen LogP contribution in [0.3, 0.4) is 0 Å². The third kappa shape index (κ3) is 4.65. The fourth-order valence-electron chi connectivity index (χ4n) is 5.50. The van der Waals surface area contributed by atoms with Crippen molar-refractivity contribution in [3.63, 3.8) is 0 Å². The lowest BCUT2D eigenvalue weighted by Crippen LogP contribution is -2.55. The quantitative estimate of drug-likeness (QED) is 0.620. The van der Waals surface area contributed by atoms with Crippen molar-refractivity contribution in [3.05, 3.63) is 64.9 Å². The van der Waals surface area contributed by atoms with Gasteiger partial charge in [-0.25, -0.2) is 4.79 Å². The van der Waals surface area contributed by atoms with Gasteiger partial charge in [0.15, 0.2) is 5.54 Å². The van der Waals surface area contributed by atoms with E-state index in [1.54, 1.807) is 30.5 Å². The summed E-state index contributed by atoms with van der Waals surface area (Å²) < 4.78 is 5.69. The van der Waals surface area contributed by atoms with Crippen LogP contribution in [0.1, 0.15) is 36.9 Å². The first-order chi connectivity index (χ1) is 17.0. The molecule has 0 spiro atoms. The Labute approximate surface area is 209 Å². The van der Waals surface area contributed by atoms with Crippen molar-refractivity contribution in [1.82, 2.24) is 20.1 Å². The van der Waals surface area contributed by atoms with Crippen LogP contribution in [0.5, 0.6) is 0 Å². The number of ether oxygens (including phenoxy) is 1. The maximum absolute atomic E-state index is 13.9. The van der Waals surface area contributed by atoms with Crippen LogP contribution in [0, 0.1) is 5.92 Å². The highest BCUT2D eigenvalue weighted by Crippen LogP contribution is 2.41. The topological polar surface area (TPSA) is 91.8 Å². The summed E-state index contributed by atoms with van der Waals surface area (Å²) in [6.45, 7) is 1.92. The van der Waals surface area contributed by atoms with Gasteiger partial charge in [0.25, 0.3) is 5.91 Å². The minimum Gasteiger partial charge on any atom is -0.376 e. The molecule has 9 heteroatoms. The van der Waals surface area contributed by atoms with Crippen LogP contribution in [0.15, 0.2) is 48.7 Å². The molecule has 184 valence electrons. The Balaban J connectivity index is 1.33. The first kappa shape index (κ1) is 23.8. The van der Waals surface area contributed by atoms with Crippen molar-refractivity contribution in [2.45, 2.75) is 43.7 Å². The summed E-state index contributed by atoms with van der Waals surface area (Å²) in [5, 5.41) is 3.62. The molecule has 0 unspecified atom stereocenters. The van der Waals surface area contributed by atoms with E-state index in [0.717, 1.165) is 18.4 Å². The van der Waals surface area contributed by atoms with Crippen molar-refractivity contribution >= 4 is 29.4 Å². The third-order valence-electron chi connectivity index (χ3n) is 7.32. The fourth-order valence-corrected chi connectivity index (χ4v) is 5.72. The van der Waals surface area contributed by atoms with E-state index < -0.39 is 11.6 Å². The average Bonchev–Trinajstić information content (AvgIpc) is 3.47. The molecule has 1 N–H and O–H groups in total. The number of pyridine rings is 1. The summed E-state index contributed by atoms with van der Waals surface area (Å²) in [5.74, 6) is -0.432. The summed E-state index contributed by atoms with van der Waals surface area (Å²) in [5.41, 5.74) is 0.174. The Bertz CT molecular complexity index is 1100. The Morgan fingerprint density at radius 1 is 1.14 bits per heavy atom. The number of hydrogen-bond donors (Lipinski definition) is 1. The summed E-state index contributed by atoms with van der Waals surface area (Å²) in [6.07, 6.45) is 4.72. The van der Waals surface area contributed by atoms with E-state index in [4.69, 9.17) is 16.3 Å². The summed E-state index contributed by atoms with van der Waals surface area (Å²) in [7, 11) is 0. The van der Waals surface area contributed by atoms with E-state index in [1.807, 2.05) is 23.1 Å². The smallest absolute Gasteiger partial charge is 0.325 e. The Hall–Kier alpha value is -2.97. The van der Waals surface area contributed by atoms with Crippen molar-refractivity contribution < 1.29 is 19.1 Å². The molecule has 3 fully saturated rings. The van der Waals surface area contributed by atoms with E-state index in [1.165, 1.54) is 4.90 Å². The van der Waals surface area contributed by atoms with E-state index in [2.05, 4.69) is 10.3 Å². The highest BCUT2D eigenvalue weighted by atomic mass is 35.5. The molecule has 2 atom stereocenters. The molecule has 5 rings (SSSR count). The number of urea groups is 1. The number of nitrogens with zero attached hydrogens (tertiary/aromatic N) is 3. The lowest BCUT2D eigenvalue weighted by Gasteiger charge is -2.40. The van der Waals surface area contributed by atoms with Gasteiger partial charge in [-0.3, -0.25) is 19.5 Å². The average molecular weight is 497 g/mol. The maximum atomic E-state index is 13.9. The summed E-state index contributed by atoms with van der Waals surface area (Å²) in [4.78, 5) is 47.5. The molecule has 4 heterocycles. The van der Waals surface area contributed by atoms with Crippen molar-refractivity contribution in [2.75, 3.05) is 26.2 Å². The molecule has 2 aromatic rings. The lowest BCUT2D eigenvalue weighted by atomic mass is 9.75. The number of aromatic nitrogens is 1. The molecular formula is C26H29ClN4O4. The highest BCUT2D eigenvalue weighted by Gasteiger charge is 2.58. The zero-order chi connectivity index (χ0) is 24.4. The predicted molar refractivity (Wildman–Crippen MR) is 130 cm³/mol. The lowest BCUT2D eigenvalue weighted by molar-refractivity contribution is -0.137. The minimum atomic E-state index is -1.24. The number of likely N-dealkylation sites (tertiary alicyclic amines) is 1. The van der Waals surface area contributed by atoms with Crippen molar-refractivity contribution in [1.29, 1.82) is 0 Å². The van der Waals surface area contributed by atoms with Gasteiger partial charge in [0, 0.05) is 36.8 Å². The number of rotatable bonds is 6. The van der Waals surface area contributed by atoms with E-state index in [-0.39, 0.29) is 36.8 Å². The molecule has 3 saturated heterocycles. The Morgan fingerprint density at radius 3 is 2.66 bits per heavy atom. The second-order valence-electron chi connectivity index (χ2n) is 9.47. The van der Waals surface area contributed by atoms with E-state index >= 15 is 0 Å². The number of piperidine rings is 1. The fraction of sp³-hybridized carbons (Fsp3) is 0.462. The standard InChI is InChI=1S/C26H29ClN4O4/c27-20-6-3-5-18(15-20)16-23(32)30-12-9-19(10-13-30)26(22-8-1-2-11-28-22)24(33)31(25(34)29-26)17-21-7-4-14-35-21/h1-3,5-6,8,11,15,19,21H,4,7,9-10,12-14,16-17H2,(H,29,34)/t21-,26-/m0/s1. The van der Waals surface area contributed by atoms with Gasteiger partial charge < -0.3 is 15.0 Å². The van der Waals surface area contributed by atoms with Gasteiger partial charge in [0.1, 0.15) is 0 Å². The molecule has 35 heavy (non-hydrogen) atoms. The van der Waals surface area contributed by atoms with Crippen molar-refractivity contribution in [2.24, 2.45) is 5.92 Å². The second kappa shape index (κ2) is 9.95. The third-order valence-corrected chi connectivity index (χ3v) is 7.55. The number of benzene rings is 1. The number of hydrogen-bond acceptors (Lipinski definition) is 5. The van der Waals surface area contributed by atoms with E-state index in [0.29, 0.717) is 43.3 Å². The van der Waals surface area contributed by atoms with Gasteiger partial charge in [-0.2, -0.15) is 0 Å². The Morgan fingerprint density at radius 2 is 1.97 bits per heavy atom. The zero-order valence-corrected chi connectivity index (χ0v) is 20.2. The second-order valence-corrected chi connectivity index (χ2v) is 9.90. The molecule has 0 aliphatic carbocycles. The van der Waals surface area contributed by atoms with Crippen molar-refractivity contribution in [3.8, 4) is 0 Å². The van der Waals surface area contributed by atoms with Crippen LogP contribution < -0.4 is 5.32 Å².